The van der Waals surface area contributed by atoms with E-state index >= 15 is 0 Å². The second-order valence-corrected chi connectivity index (χ2v) is 11.8. The van der Waals surface area contributed by atoms with Gasteiger partial charge in [-0.15, -0.1) is 0 Å². The summed E-state index contributed by atoms with van der Waals surface area (Å²) in [5.41, 5.74) is 3.54. The lowest BCUT2D eigenvalue weighted by atomic mass is 9.84. The van der Waals surface area contributed by atoms with Crippen LogP contribution in [0, 0.1) is 0 Å². The Labute approximate surface area is 229 Å². The van der Waals surface area contributed by atoms with E-state index in [0.717, 1.165) is 28.0 Å². The smallest absolute Gasteiger partial charge is 0.317 e. The average Bonchev–Trinajstić information content (AvgIpc) is 3.24. The van der Waals surface area contributed by atoms with E-state index in [1.165, 1.54) is 0 Å². The van der Waals surface area contributed by atoms with Crippen LogP contribution in [-0.4, -0.2) is 67.2 Å². The van der Waals surface area contributed by atoms with Gasteiger partial charge < -0.3 is 19.9 Å². The van der Waals surface area contributed by atoms with Crippen molar-refractivity contribution in [2.45, 2.75) is 44.9 Å². The maximum Gasteiger partial charge on any atom is 0.317 e. The van der Waals surface area contributed by atoms with Crippen molar-refractivity contribution in [2.75, 3.05) is 26.2 Å². The maximum atomic E-state index is 12.8. The summed E-state index contributed by atoms with van der Waals surface area (Å²) in [5, 5.41) is 15.7. The second kappa shape index (κ2) is 9.84. The Balaban J connectivity index is 1.57. The summed E-state index contributed by atoms with van der Waals surface area (Å²) in [4.78, 5) is 26.1. The summed E-state index contributed by atoms with van der Waals surface area (Å²) in [6.45, 7) is 10.4. The molecule has 3 aromatic rings. The van der Waals surface area contributed by atoms with Gasteiger partial charge in [0.2, 0.25) is 0 Å². The van der Waals surface area contributed by atoms with Crippen LogP contribution in [0.25, 0.3) is 11.6 Å². The van der Waals surface area contributed by atoms with Gasteiger partial charge in [-0.05, 0) is 74.2 Å². The number of piperazine rings is 1. The first-order valence-electron chi connectivity index (χ1n) is 12.9. The summed E-state index contributed by atoms with van der Waals surface area (Å²) in [6.07, 6.45) is 7.22. The number of urea groups is 1. The molecule has 2 amide bonds. The molecule has 2 atom stereocenters. The number of carbonyl (C=O) groups excluding carboxylic acids is 1. The number of aromatic nitrogens is 3. The first-order chi connectivity index (χ1) is 18.0. The highest BCUT2D eigenvalue weighted by molar-refractivity contribution is 6.30. The van der Waals surface area contributed by atoms with Crippen molar-refractivity contribution < 1.29 is 9.90 Å². The van der Waals surface area contributed by atoms with Crippen LogP contribution in [-0.2, 0) is 12.6 Å². The zero-order valence-electron chi connectivity index (χ0n) is 22.6. The third-order valence-corrected chi connectivity index (χ3v) is 7.55. The van der Waals surface area contributed by atoms with Gasteiger partial charge in [0, 0.05) is 50.0 Å². The normalized spacial score (nSPS) is 19.6. The van der Waals surface area contributed by atoms with Crippen LogP contribution in [0.5, 0.6) is 0 Å². The summed E-state index contributed by atoms with van der Waals surface area (Å²) >= 11 is 6.55. The highest BCUT2D eigenvalue weighted by Gasteiger charge is 2.39. The number of aliphatic hydroxyl groups is 1. The molecular formula is C29H35ClN6O2. The number of rotatable bonds is 3. The van der Waals surface area contributed by atoms with E-state index in [-0.39, 0.29) is 17.6 Å². The third-order valence-electron chi connectivity index (χ3n) is 7.32. The number of halogens is 1. The number of nitrogens with zero attached hydrogens (tertiary/aromatic N) is 5. The van der Waals surface area contributed by atoms with Gasteiger partial charge >= 0.3 is 6.03 Å². The van der Waals surface area contributed by atoms with Gasteiger partial charge in [-0.2, -0.15) is 0 Å². The van der Waals surface area contributed by atoms with E-state index in [2.05, 4.69) is 15.2 Å². The fourth-order valence-electron chi connectivity index (χ4n) is 5.48. The van der Waals surface area contributed by atoms with E-state index in [1.54, 1.807) is 19.4 Å². The molecule has 1 aliphatic carbocycles. The molecule has 8 nitrogen and oxygen atoms in total. The lowest BCUT2D eigenvalue weighted by Gasteiger charge is -2.40. The fourth-order valence-corrected chi connectivity index (χ4v) is 5.65. The molecule has 0 saturated carbocycles. The number of amides is 2. The number of carbonyl (C=O) groups is 1. The van der Waals surface area contributed by atoms with Crippen LogP contribution in [0.1, 0.15) is 61.8 Å². The highest BCUT2D eigenvalue weighted by atomic mass is 35.5. The molecule has 2 aliphatic rings. The number of benzene rings is 1. The molecule has 38 heavy (non-hydrogen) atoms. The lowest BCUT2D eigenvalue weighted by molar-refractivity contribution is 0.112. The number of nitrogens with one attached hydrogen (secondary N) is 1. The molecule has 0 spiro atoms. The van der Waals surface area contributed by atoms with Crippen LogP contribution < -0.4 is 5.32 Å². The fraction of sp³-hybridized carbons (Fsp3) is 0.414. The Morgan fingerprint density at radius 2 is 1.87 bits per heavy atom. The molecule has 2 aromatic heterocycles. The number of aryl methyl sites for hydroxylation is 1. The predicted octanol–water partition coefficient (Wildman–Crippen LogP) is 4.45. The van der Waals surface area contributed by atoms with Gasteiger partial charge in [-0.1, -0.05) is 23.7 Å². The van der Waals surface area contributed by atoms with Crippen LogP contribution in [0.2, 0.25) is 5.02 Å². The molecule has 2 N–H and O–H groups in total. The van der Waals surface area contributed by atoms with Crippen LogP contribution in [0.4, 0.5) is 4.79 Å². The minimum Gasteiger partial charge on any atom is -0.379 e. The predicted molar refractivity (Wildman–Crippen MR) is 150 cm³/mol. The van der Waals surface area contributed by atoms with Crippen molar-refractivity contribution in [1.82, 2.24) is 29.7 Å². The van der Waals surface area contributed by atoms with Crippen LogP contribution in [0.3, 0.4) is 0 Å². The molecule has 200 valence electrons. The van der Waals surface area contributed by atoms with E-state index in [4.69, 9.17) is 16.6 Å². The van der Waals surface area contributed by atoms with Gasteiger partial charge in [0.15, 0.2) is 0 Å². The number of pyridine rings is 1. The van der Waals surface area contributed by atoms with E-state index < -0.39 is 5.60 Å². The minimum absolute atomic E-state index is 0.0418. The van der Waals surface area contributed by atoms with Gasteiger partial charge in [-0.3, -0.25) is 9.88 Å². The quantitative estimate of drug-likeness (QED) is 0.518. The van der Waals surface area contributed by atoms with Crippen LogP contribution in [0.15, 0.2) is 49.1 Å². The zero-order chi connectivity index (χ0) is 27.2. The third kappa shape index (κ3) is 4.96. The summed E-state index contributed by atoms with van der Waals surface area (Å²) in [7, 11) is 1.88. The van der Waals surface area contributed by atoms with Gasteiger partial charge in [-0.25, -0.2) is 9.78 Å². The van der Waals surface area contributed by atoms with Gasteiger partial charge in [0.05, 0.1) is 30.0 Å². The number of hydrogen-bond acceptors (Lipinski definition) is 5. The van der Waals surface area contributed by atoms with Crippen molar-refractivity contribution in [3.05, 3.63) is 82.2 Å². The summed E-state index contributed by atoms with van der Waals surface area (Å²) in [6, 6.07) is 9.61. The molecule has 5 rings (SSSR count). The molecule has 9 heteroatoms. The van der Waals surface area contributed by atoms with Crippen molar-refractivity contribution in [3.63, 3.8) is 0 Å². The Bertz CT molecular complexity index is 1380. The molecule has 1 aromatic carbocycles. The van der Waals surface area contributed by atoms with Gasteiger partial charge in [0.1, 0.15) is 5.60 Å². The first-order valence-corrected chi connectivity index (χ1v) is 13.3. The number of hydrogen-bond donors (Lipinski definition) is 2. The SMILES string of the molecule is Cn1cncc1C(C)(O)C1=Cc2cccnc2[C@@H](N2CCN(C(=O)NC(C)(C)C)CC2)c2ccc(Cl)cc21. The summed E-state index contributed by atoms with van der Waals surface area (Å²) < 4.78 is 1.83. The highest BCUT2D eigenvalue weighted by Crippen LogP contribution is 2.46. The Morgan fingerprint density at radius 3 is 2.53 bits per heavy atom. The lowest BCUT2D eigenvalue weighted by Crippen LogP contribution is -2.55. The van der Waals surface area contributed by atoms with E-state index in [9.17, 15) is 9.90 Å². The number of fused-ring (bicyclic) bond motifs is 2. The Kier molecular flexibility index (Phi) is 6.84. The van der Waals surface area contributed by atoms with Crippen molar-refractivity contribution >= 4 is 29.3 Å². The molecule has 1 unspecified atom stereocenters. The standard InChI is InChI=1S/C29H35ClN6O2/c1-28(2,3)33-27(37)36-13-11-35(12-14-36)26-21-9-8-20(30)16-22(21)23(15-19-7-6-10-32-25(19)26)29(4,38)24-17-31-18-34(24)5/h6-10,15-18,26,38H,11-14H2,1-5H3,(H,33,37)/t26-,29?/m0/s1. The summed E-state index contributed by atoms with van der Waals surface area (Å²) in [5.74, 6) is 0. The number of imidazole rings is 1. The minimum atomic E-state index is -1.34. The van der Waals surface area contributed by atoms with Crippen molar-refractivity contribution in [3.8, 4) is 0 Å². The monoisotopic (exact) mass is 534 g/mol. The molecule has 0 bridgehead atoms. The maximum absolute atomic E-state index is 12.8. The second-order valence-electron chi connectivity index (χ2n) is 11.3. The molecular weight excluding hydrogens is 500 g/mol. The van der Waals surface area contributed by atoms with Crippen molar-refractivity contribution in [1.29, 1.82) is 0 Å². The first kappa shape index (κ1) is 26.4. The average molecular weight is 535 g/mol. The molecule has 1 fully saturated rings. The topological polar surface area (TPSA) is 86.5 Å². The van der Waals surface area contributed by atoms with Crippen molar-refractivity contribution in [2.24, 2.45) is 7.05 Å². The molecule has 0 radical (unpaired) electrons. The Hall–Kier alpha value is -3.20. The van der Waals surface area contributed by atoms with Crippen LogP contribution >= 0.6 is 11.6 Å². The van der Waals surface area contributed by atoms with E-state index in [0.29, 0.717) is 36.9 Å². The molecule has 1 saturated heterocycles. The largest absolute Gasteiger partial charge is 0.379 e. The van der Waals surface area contributed by atoms with E-state index in [1.807, 2.05) is 79.9 Å². The Morgan fingerprint density at radius 1 is 1.13 bits per heavy atom. The molecule has 1 aliphatic heterocycles. The molecule has 3 heterocycles. The zero-order valence-corrected chi connectivity index (χ0v) is 23.3. The van der Waals surface area contributed by atoms with Gasteiger partial charge in [0.25, 0.3) is 0 Å².